The summed E-state index contributed by atoms with van der Waals surface area (Å²) in [5, 5.41) is 13.4. The smallest absolute Gasteiger partial charge is 0.193 e. The number of nitrogens with two attached hydrogens (primary N) is 1. The van der Waals surface area contributed by atoms with Crippen LogP contribution in [0.3, 0.4) is 0 Å². The minimum absolute atomic E-state index is 0.0339. The average molecular weight is 444 g/mol. The number of carbonyl (C=O) groups excluding carboxylic acids is 1. The first-order valence-corrected chi connectivity index (χ1v) is 10.9. The topological polar surface area (TPSA) is 94.5 Å². The number of fused-ring (bicyclic) bond motifs is 1. The van der Waals surface area contributed by atoms with E-state index in [4.69, 9.17) is 17.3 Å². The van der Waals surface area contributed by atoms with Crippen molar-refractivity contribution in [3.63, 3.8) is 0 Å². The first kappa shape index (κ1) is 20.3. The van der Waals surface area contributed by atoms with Crippen molar-refractivity contribution in [3.05, 3.63) is 88.3 Å². The van der Waals surface area contributed by atoms with E-state index in [-0.39, 0.29) is 17.4 Å². The Balaban J connectivity index is 1.48. The van der Waals surface area contributed by atoms with Crippen LogP contribution in [-0.2, 0) is 0 Å². The lowest BCUT2D eigenvalue weighted by molar-refractivity contribution is 0.0660. The third kappa shape index (κ3) is 3.26. The molecule has 0 bridgehead atoms. The molecule has 2 aromatic carbocycles. The molecular formula is C25H22ClN5O. The molecule has 2 aliphatic heterocycles. The molecule has 6 nitrogen and oxygen atoms in total. The van der Waals surface area contributed by atoms with Crippen molar-refractivity contribution < 1.29 is 4.79 Å². The zero-order valence-corrected chi connectivity index (χ0v) is 18.3. The second-order valence-corrected chi connectivity index (χ2v) is 9.17. The summed E-state index contributed by atoms with van der Waals surface area (Å²) in [5.74, 6) is 0.614. The van der Waals surface area contributed by atoms with E-state index in [9.17, 15) is 10.1 Å². The van der Waals surface area contributed by atoms with Crippen LogP contribution in [0.2, 0.25) is 5.02 Å². The molecule has 0 spiro atoms. The Morgan fingerprint density at radius 3 is 2.69 bits per heavy atom. The lowest BCUT2D eigenvalue weighted by atomic mass is 9.63. The van der Waals surface area contributed by atoms with Gasteiger partial charge in [-0.3, -0.25) is 4.79 Å². The van der Waals surface area contributed by atoms with Gasteiger partial charge in [0, 0.05) is 35.0 Å². The standard InChI is InChI=1S/C25H22ClN5O/c1-25(14-27)12-17(13-25)24-30-20(21-23(28)29-9-10-31(21)24)18-8-7-16(11-19(18)26)22(32)15-5-3-2-4-6-15/h2-11,17,24,30H,12-13H2,1H3,(H2,28,29). The largest absolute Gasteiger partial charge is 0.382 e. The van der Waals surface area contributed by atoms with Gasteiger partial charge >= 0.3 is 0 Å². The maximum absolute atomic E-state index is 12.8. The van der Waals surface area contributed by atoms with Gasteiger partial charge in [0.1, 0.15) is 17.7 Å². The van der Waals surface area contributed by atoms with Crippen LogP contribution in [0, 0.1) is 22.7 Å². The van der Waals surface area contributed by atoms with Crippen molar-refractivity contribution in [2.75, 3.05) is 0 Å². The molecule has 2 aromatic rings. The lowest BCUT2D eigenvalue weighted by Gasteiger charge is -2.45. The Kier molecular flexibility index (Phi) is 4.79. The highest BCUT2D eigenvalue weighted by Gasteiger charge is 2.49. The Bertz CT molecular complexity index is 1230. The third-order valence-electron chi connectivity index (χ3n) is 6.45. The summed E-state index contributed by atoms with van der Waals surface area (Å²) in [6, 6.07) is 16.9. The van der Waals surface area contributed by atoms with Crippen molar-refractivity contribution in [2.45, 2.75) is 25.9 Å². The summed E-state index contributed by atoms with van der Waals surface area (Å²) in [6.07, 6.45) is 5.16. The fraction of sp³-hybridized carbons (Fsp3) is 0.240. The van der Waals surface area contributed by atoms with Crippen molar-refractivity contribution >= 4 is 28.9 Å². The Labute approximate surface area is 191 Å². The van der Waals surface area contributed by atoms with E-state index in [1.165, 1.54) is 0 Å². The summed E-state index contributed by atoms with van der Waals surface area (Å²) in [6.45, 7) is 1.99. The molecule has 1 saturated carbocycles. The fourth-order valence-corrected chi connectivity index (χ4v) is 5.08. The number of nitriles is 1. The quantitative estimate of drug-likeness (QED) is 0.689. The number of halogens is 1. The molecule has 0 amide bonds. The van der Waals surface area contributed by atoms with E-state index in [1.54, 1.807) is 30.5 Å². The van der Waals surface area contributed by atoms with E-state index in [1.807, 2.05) is 37.4 Å². The number of hydrogen-bond donors (Lipinski definition) is 2. The van der Waals surface area contributed by atoms with Crippen LogP contribution in [0.25, 0.3) is 5.70 Å². The molecule has 1 fully saturated rings. The van der Waals surface area contributed by atoms with Crippen molar-refractivity contribution in [2.24, 2.45) is 22.1 Å². The van der Waals surface area contributed by atoms with Gasteiger partial charge in [0.25, 0.3) is 0 Å². The number of nitrogens with one attached hydrogen (secondary N) is 1. The molecule has 3 N–H and O–H groups in total. The Morgan fingerprint density at radius 2 is 2.00 bits per heavy atom. The van der Waals surface area contributed by atoms with Gasteiger partial charge in [-0.25, -0.2) is 4.99 Å². The first-order chi connectivity index (χ1) is 15.4. The summed E-state index contributed by atoms with van der Waals surface area (Å²) in [7, 11) is 0. The van der Waals surface area contributed by atoms with E-state index in [2.05, 4.69) is 21.3 Å². The maximum Gasteiger partial charge on any atom is 0.193 e. The monoisotopic (exact) mass is 443 g/mol. The lowest BCUT2D eigenvalue weighted by Crippen LogP contribution is -2.50. The third-order valence-corrected chi connectivity index (χ3v) is 6.76. The molecule has 0 radical (unpaired) electrons. The molecule has 2 heterocycles. The van der Waals surface area contributed by atoms with Crippen LogP contribution in [0.5, 0.6) is 0 Å². The molecule has 7 heteroatoms. The van der Waals surface area contributed by atoms with E-state index < -0.39 is 0 Å². The number of aliphatic imine (C=N–C) groups is 1. The van der Waals surface area contributed by atoms with Gasteiger partial charge in [0.05, 0.1) is 22.2 Å². The van der Waals surface area contributed by atoms with Gasteiger partial charge in [-0.15, -0.1) is 0 Å². The van der Waals surface area contributed by atoms with Crippen LogP contribution in [0.4, 0.5) is 0 Å². The van der Waals surface area contributed by atoms with Crippen LogP contribution in [0.1, 0.15) is 41.3 Å². The van der Waals surface area contributed by atoms with Gasteiger partial charge in [-0.1, -0.05) is 54.1 Å². The number of benzene rings is 2. The maximum atomic E-state index is 12.8. The van der Waals surface area contributed by atoms with Gasteiger partial charge in [0.2, 0.25) is 0 Å². The fourth-order valence-electron chi connectivity index (χ4n) is 4.81. The number of nitrogens with zero attached hydrogens (tertiary/aromatic N) is 3. The van der Waals surface area contributed by atoms with Gasteiger partial charge in [-0.05, 0) is 25.8 Å². The minimum atomic E-state index is -0.286. The summed E-state index contributed by atoms with van der Waals surface area (Å²) in [5.41, 5.74) is 9.43. The van der Waals surface area contributed by atoms with E-state index in [0.717, 1.165) is 29.8 Å². The summed E-state index contributed by atoms with van der Waals surface area (Å²) >= 11 is 6.68. The van der Waals surface area contributed by atoms with E-state index >= 15 is 0 Å². The number of carbonyl (C=O) groups is 1. The number of amidine groups is 1. The molecule has 1 aliphatic carbocycles. The number of rotatable bonds is 4. The van der Waals surface area contributed by atoms with Crippen LogP contribution in [-0.4, -0.2) is 22.7 Å². The zero-order chi connectivity index (χ0) is 22.5. The average Bonchev–Trinajstić information content (AvgIpc) is 3.17. The highest BCUT2D eigenvalue weighted by atomic mass is 35.5. The second-order valence-electron chi connectivity index (χ2n) is 8.76. The minimum Gasteiger partial charge on any atom is -0.382 e. The van der Waals surface area contributed by atoms with Crippen molar-refractivity contribution in [1.29, 1.82) is 5.26 Å². The predicted molar refractivity (Wildman–Crippen MR) is 124 cm³/mol. The Hall–Kier alpha value is -3.56. The summed E-state index contributed by atoms with van der Waals surface area (Å²) < 4.78 is 0. The normalized spacial score (nSPS) is 26.0. The van der Waals surface area contributed by atoms with Crippen LogP contribution in [0.15, 0.2) is 71.6 Å². The van der Waals surface area contributed by atoms with Crippen molar-refractivity contribution in [3.8, 4) is 6.07 Å². The first-order valence-electron chi connectivity index (χ1n) is 10.5. The number of ketones is 1. The molecule has 0 aromatic heterocycles. The van der Waals surface area contributed by atoms with Gasteiger partial charge in [-0.2, -0.15) is 5.26 Å². The van der Waals surface area contributed by atoms with Crippen LogP contribution < -0.4 is 11.1 Å². The van der Waals surface area contributed by atoms with Gasteiger partial charge < -0.3 is 16.0 Å². The molecule has 1 unspecified atom stereocenters. The Morgan fingerprint density at radius 1 is 1.25 bits per heavy atom. The molecule has 160 valence electrons. The van der Waals surface area contributed by atoms with Crippen LogP contribution >= 0.6 is 11.6 Å². The second kappa shape index (κ2) is 7.54. The molecule has 5 rings (SSSR count). The van der Waals surface area contributed by atoms with Crippen molar-refractivity contribution in [1.82, 2.24) is 10.2 Å². The molecular weight excluding hydrogens is 422 g/mol. The zero-order valence-electron chi connectivity index (χ0n) is 17.5. The highest BCUT2D eigenvalue weighted by molar-refractivity contribution is 6.33. The predicted octanol–water partition coefficient (Wildman–Crippen LogP) is 4.25. The van der Waals surface area contributed by atoms with E-state index in [0.29, 0.717) is 27.9 Å². The SMILES string of the molecule is CC1(C#N)CC(C2NC(c3ccc(C(=O)c4ccccc4)cc3Cl)=C3C(N)=NC=CN32)C1. The highest BCUT2D eigenvalue weighted by Crippen LogP contribution is 2.49. The molecule has 3 aliphatic rings. The number of hydrogen-bond acceptors (Lipinski definition) is 6. The molecule has 32 heavy (non-hydrogen) atoms. The molecule has 0 saturated heterocycles. The summed E-state index contributed by atoms with van der Waals surface area (Å²) in [4.78, 5) is 19.2. The van der Waals surface area contributed by atoms with Gasteiger partial charge in [0.15, 0.2) is 5.78 Å². The molecule has 1 atom stereocenters.